The normalized spacial score (nSPS) is 12.4. The second-order valence-corrected chi connectivity index (χ2v) is 8.21. The first-order valence-electron chi connectivity index (χ1n) is 11.5. The van der Waals surface area contributed by atoms with Gasteiger partial charge in [-0.3, -0.25) is 0 Å². The largest absolute Gasteiger partial charge is 0.463 e. The maximum atomic E-state index is 13.1. The lowest BCUT2D eigenvalue weighted by Gasteiger charge is -2.31. The highest BCUT2D eigenvalue weighted by molar-refractivity contribution is 6.28. The van der Waals surface area contributed by atoms with Gasteiger partial charge in [0.25, 0.3) is 5.60 Å². The van der Waals surface area contributed by atoms with Gasteiger partial charge in [0.15, 0.2) is 11.5 Å². The minimum Gasteiger partial charge on any atom is -0.463 e. The molecule has 0 radical (unpaired) electrons. The molecule has 0 aliphatic carbocycles. The Bertz CT molecular complexity index is 1150. The van der Waals surface area contributed by atoms with Gasteiger partial charge in [0, 0.05) is 20.1 Å². The topological polar surface area (TPSA) is 141 Å². The summed E-state index contributed by atoms with van der Waals surface area (Å²) >= 11 is 5.94. The van der Waals surface area contributed by atoms with Crippen LogP contribution < -0.4 is 5.73 Å². The fourth-order valence-corrected chi connectivity index (χ4v) is 3.84. The van der Waals surface area contributed by atoms with Gasteiger partial charge < -0.3 is 29.2 Å². The van der Waals surface area contributed by atoms with Crippen LogP contribution in [-0.4, -0.2) is 70.1 Å². The average molecular weight is 520 g/mol. The van der Waals surface area contributed by atoms with E-state index in [4.69, 9.17) is 36.3 Å². The maximum absolute atomic E-state index is 13.1. The van der Waals surface area contributed by atoms with Gasteiger partial charge >= 0.3 is 11.9 Å². The number of hydrogen-bond acceptors (Lipinski definition) is 10. The maximum Gasteiger partial charge on any atom is 0.350 e. The monoisotopic (exact) mass is 519 g/mol. The standard InChI is InChI=1S/C24H30ClN5O6/c1-4-34-21(31)24(22(32)35-5-2,13-16-9-7-6-8-10-16)36-14-17(33-3)11-12-30-15-27-18-19(26)28-23(25)29-20(18)30/h6-10,15,17H,4-5,11-14H2,1-3H3,(H2,26,28,29). The lowest BCUT2D eigenvalue weighted by atomic mass is 9.94. The molecular weight excluding hydrogens is 490 g/mol. The summed E-state index contributed by atoms with van der Waals surface area (Å²) in [6.07, 6.45) is 1.48. The van der Waals surface area contributed by atoms with Crippen molar-refractivity contribution in [1.29, 1.82) is 0 Å². The van der Waals surface area contributed by atoms with Crippen LogP contribution in [0.15, 0.2) is 36.7 Å². The number of benzene rings is 1. The Balaban J connectivity index is 1.80. The summed E-state index contributed by atoms with van der Waals surface area (Å²) in [4.78, 5) is 38.6. The zero-order chi connectivity index (χ0) is 26.1. The first-order chi connectivity index (χ1) is 17.3. The van der Waals surface area contributed by atoms with Crippen molar-refractivity contribution >= 4 is 40.5 Å². The van der Waals surface area contributed by atoms with Gasteiger partial charge in [0.1, 0.15) is 5.52 Å². The fourth-order valence-electron chi connectivity index (χ4n) is 3.66. The van der Waals surface area contributed by atoms with Crippen molar-refractivity contribution in [2.45, 2.75) is 44.9 Å². The number of imidazole rings is 1. The first kappa shape index (κ1) is 27.3. The Morgan fingerprint density at radius 1 is 1.11 bits per heavy atom. The summed E-state index contributed by atoms with van der Waals surface area (Å²) in [6.45, 7) is 3.82. The number of halogens is 1. The number of nitrogen functional groups attached to an aromatic ring is 1. The van der Waals surface area contributed by atoms with E-state index in [0.717, 1.165) is 0 Å². The number of nitrogens with two attached hydrogens (primary N) is 1. The summed E-state index contributed by atoms with van der Waals surface area (Å²) in [7, 11) is 1.52. The Labute approximate surface area is 213 Å². The van der Waals surface area contributed by atoms with Crippen molar-refractivity contribution < 1.29 is 28.5 Å². The number of rotatable bonds is 13. The first-order valence-corrected chi connectivity index (χ1v) is 11.9. The van der Waals surface area contributed by atoms with E-state index in [1.165, 1.54) is 7.11 Å². The highest BCUT2D eigenvalue weighted by Gasteiger charge is 2.51. The van der Waals surface area contributed by atoms with E-state index in [0.29, 0.717) is 29.7 Å². The van der Waals surface area contributed by atoms with E-state index in [-0.39, 0.29) is 37.3 Å². The quantitative estimate of drug-likeness (QED) is 0.203. The highest BCUT2D eigenvalue weighted by atomic mass is 35.5. The van der Waals surface area contributed by atoms with Crippen molar-refractivity contribution in [1.82, 2.24) is 19.5 Å². The number of ether oxygens (including phenoxy) is 4. The molecule has 194 valence electrons. The molecule has 3 rings (SSSR count). The summed E-state index contributed by atoms with van der Waals surface area (Å²) in [5, 5.41) is 0.0166. The molecule has 2 aromatic heterocycles. The Morgan fingerprint density at radius 3 is 2.39 bits per heavy atom. The molecule has 36 heavy (non-hydrogen) atoms. The van der Waals surface area contributed by atoms with E-state index in [1.807, 2.05) is 18.2 Å². The Hall–Kier alpha value is -3.28. The van der Waals surface area contributed by atoms with Crippen LogP contribution >= 0.6 is 11.6 Å². The van der Waals surface area contributed by atoms with Crippen LogP contribution in [0.1, 0.15) is 25.8 Å². The molecule has 0 bridgehead atoms. The van der Waals surface area contributed by atoms with Crippen LogP contribution in [0.5, 0.6) is 0 Å². The summed E-state index contributed by atoms with van der Waals surface area (Å²) < 4.78 is 23.9. The second kappa shape index (κ2) is 12.6. The molecule has 0 aliphatic rings. The molecule has 2 heterocycles. The number of fused-ring (bicyclic) bond motifs is 1. The van der Waals surface area contributed by atoms with Gasteiger partial charge in [0.05, 0.1) is 32.3 Å². The zero-order valence-corrected chi connectivity index (χ0v) is 21.2. The van der Waals surface area contributed by atoms with Crippen molar-refractivity contribution in [3.8, 4) is 0 Å². The summed E-state index contributed by atoms with van der Waals surface area (Å²) in [5.41, 5.74) is 5.53. The number of aryl methyl sites for hydroxylation is 1. The molecule has 0 saturated heterocycles. The molecular formula is C24H30ClN5O6. The van der Waals surface area contributed by atoms with Gasteiger partial charge in [-0.25, -0.2) is 14.6 Å². The number of aromatic nitrogens is 4. The SMILES string of the molecule is CCOC(=O)C(Cc1ccccc1)(OCC(CCn1cnc2c(N)nc(Cl)nc21)OC)C(=O)OCC. The van der Waals surface area contributed by atoms with E-state index in [9.17, 15) is 9.59 Å². The van der Waals surface area contributed by atoms with Crippen LogP contribution in [0.25, 0.3) is 11.2 Å². The number of esters is 2. The number of carbonyl (C=O) groups excluding carboxylic acids is 2. The van der Waals surface area contributed by atoms with Gasteiger partial charge in [-0.1, -0.05) is 30.3 Å². The second-order valence-electron chi connectivity index (χ2n) is 7.88. The van der Waals surface area contributed by atoms with Crippen molar-refractivity contribution in [2.24, 2.45) is 0 Å². The molecule has 0 fully saturated rings. The molecule has 12 heteroatoms. The van der Waals surface area contributed by atoms with Crippen LogP contribution in [0.3, 0.4) is 0 Å². The van der Waals surface area contributed by atoms with Crippen molar-refractivity contribution in [3.63, 3.8) is 0 Å². The molecule has 0 saturated carbocycles. The molecule has 1 unspecified atom stereocenters. The molecule has 1 aromatic carbocycles. The smallest absolute Gasteiger partial charge is 0.350 e. The number of anilines is 1. The Kier molecular flexibility index (Phi) is 9.57. The molecule has 2 N–H and O–H groups in total. The molecule has 0 aliphatic heterocycles. The van der Waals surface area contributed by atoms with Gasteiger partial charge in [-0.2, -0.15) is 9.97 Å². The van der Waals surface area contributed by atoms with E-state index in [2.05, 4.69) is 15.0 Å². The molecule has 0 spiro atoms. The number of hydrogen-bond donors (Lipinski definition) is 1. The molecule has 11 nitrogen and oxygen atoms in total. The van der Waals surface area contributed by atoms with Crippen LogP contribution in [0.2, 0.25) is 5.28 Å². The summed E-state index contributed by atoms with van der Waals surface area (Å²) in [6, 6.07) is 9.06. The number of nitrogens with zero attached hydrogens (tertiary/aromatic N) is 4. The Morgan fingerprint density at radius 2 is 1.78 bits per heavy atom. The lowest BCUT2D eigenvalue weighted by Crippen LogP contribution is -2.54. The number of methoxy groups -OCH3 is 1. The van der Waals surface area contributed by atoms with Gasteiger partial charge in [0.2, 0.25) is 5.28 Å². The summed E-state index contributed by atoms with van der Waals surface area (Å²) in [5.74, 6) is -1.45. The number of carbonyl (C=O) groups is 2. The lowest BCUT2D eigenvalue weighted by molar-refractivity contribution is -0.194. The fraction of sp³-hybridized carbons (Fsp3) is 0.458. The van der Waals surface area contributed by atoms with Crippen molar-refractivity contribution in [2.75, 3.05) is 32.7 Å². The molecule has 1 atom stereocenters. The van der Waals surface area contributed by atoms with Crippen LogP contribution in [0, 0.1) is 0 Å². The third-order valence-electron chi connectivity index (χ3n) is 5.51. The predicted octanol–water partition coefficient (Wildman–Crippen LogP) is 2.59. The highest BCUT2D eigenvalue weighted by Crippen LogP contribution is 2.25. The van der Waals surface area contributed by atoms with Gasteiger partial charge in [-0.15, -0.1) is 0 Å². The van der Waals surface area contributed by atoms with E-state index < -0.39 is 23.6 Å². The minimum absolute atomic E-state index is 0.0166. The van der Waals surface area contributed by atoms with Gasteiger partial charge in [-0.05, 0) is 37.4 Å². The van der Waals surface area contributed by atoms with E-state index >= 15 is 0 Å². The minimum atomic E-state index is -1.99. The third kappa shape index (κ3) is 6.28. The zero-order valence-electron chi connectivity index (χ0n) is 20.5. The van der Waals surface area contributed by atoms with E-state index in [1.54, 1.807) is 36.9 Å². The van der Waals surface area contributed by atoms with Crippen molar-refractivity contribution in [3.05, 3.63) is 47.5 Å². The van der Waals surface area contributed by atoms with Crippen LogP contribution in [0.4, 0.5) is 5.82 Å². The third-order valence-corrected chi connectivity index (χ3v) is 5.68. The molecule has 3 aromatic rings. The molecule has 0 amide bonds. The van der Waals surface area contributed by atoms with Crippen LogP contribution in [-0.2, 0) is 41.5 Å². The average Bonchev–Trinajstić information content (AvgIpc) is 3.27. The predicted molar refractivity (Wildman–Crippen MR) is 132 cm³/mol.